The number of fused-ring (bicyclic) bond motifs is 1. The first-order valence-corrected chi connectivity index (χ1v) is 4.58. The Morgan fingerprint density at radius 1 is 1.54 bits per heavy atom. The summed E-state index contributed by atoms with van der Waals surface area (Å²) in [6.07, 6.45) is 0. The maximum Gasteiger partial charge on any atom is 0.272 e. The summed E-state index contributed by atoms with van der Waals surface area (Å²) < 4.78 is 17.4. The molecule has 66 valence electrons. The molecule has 5 heteroatoms. The first-order valence-electron chi connectivity index (χ1n) is 3.43. The van der Waals surface area contributed by atoms with E-state index in [1.165, 1.54) is 12.1 Å². The summed E-state index contributed by atoms with van der Waals surface area (Å²) in [5, 5.41) is -0.179. The van der Waals surface area contributed by atoms with Crippen LogP contribution in [0, 0.1) is 5.82 Å². The number of aromatic nitrogens is 1. The number of carbonyl (C=O) groups excluding carboxylic acids is 1. The molecule has 13 heavy (non-hydrogen) atoms. The molecule has 0 N–H and O–H groups in total. The molecular weight excluding hydrogens is 213 g/mol. The zero-order valence-electron chi connectivity index (χ0n) is 6.25. The lowest BCUT2D eigenvalue weighted by Crippen LogP contribution is -1.88. The maximum absolute atomic E-state index is 12.8. The zero-order valence-corrected chi connectivity index (χ0v) is 7.82. The van der Waals surface area contributed by atoms with Crippen LogP contribution in [0.25, 0.3) is 10.1 Å². The van der Waals surface area contributed by atoms with Crippen LogP contribution in [0.1, 0.15) is 10.5 Å². The van der Waals surface area contributed by atoms with Crippen LogP contribution < -0.4 is 0 Å². The quantitative estimate of drug-likeness (QED) is 0.685. The van der Waals surface area contributed by atoms with E-state index in [0.29, 0.717) is 5.39 Å². The number of halogens is 2. The second kappa shape index (κ2) is 3.05. The van der Waals surface area contributed by atoms with Crippen molar-refractivity contribution in [1.82, 2.24) is 4.37 Å². The van der Waals surface area contributed by atoms with Crippen molar-refractivity contribution in [3.63, 3.8) is 0 Å². The Kier molecular flexibility index (Phi) is 2.01. The minimum atomic E-state index is -0.656. The smallest absolute Gasteiger partial charge is 0.272 e. The van der Waals surface area contributed by atoms with Crippen LogP contribution in [0.5, 0.6) is 0 Å². The average molecular weight is 216 g/mol. The molecule has 2 nitrogen and oxygen atoms in total. The number of nitrogens with zero attached hydrogens (tertiary/aromatic N) is 1. The molecule has 0 fully saturated rings. The van der Waals surface area contributed by atoms with E-state index < -0.39 is 11.1 Å². The topological polar surface area (TPSA) is 30.0 Å². The van der Waals surface area contributed by atoms with Gasteiger partial charge in [0, 0.05) is 5.39 Å². The third kappa shape index (κ3) is 1.43. The summed E-state index contributed by atoms with van der Waals surface area (Å²) in [4.78, 5) is 10.8. The lowest BCUT2D eigenvalue weighted by molar-refractivity contribution is 0.107. The number of hydrogen-bond acceptors (Lipinski definition) is 3. The zero-order chi connectivity index (χ0) is 9.42. The Morgan fingerprint density at radius 2 is 2.31 bits per heavy atom. The molecule has 0 unspecified atom stereocenters. The molecule has 2 rings (SSSR count). The Labute approximate surface area is 82.1 Å². The van der Waals surface area contributed by atoms with Gasteiger partial charge in [-0.15, -0.1) is 0 Å². The van der Waals surface area contributed by atoms with E-state index >= 15 is 0 Å². The highest BCUT2D eigenvalue weighted by Gasteiger charge is 2.12. The predicted octanol–water partition coefficient (Wildman–Crippen LogP) is 2.81. The molecule has 0 saturated heterocycles. The molecule has 1 aromatic carbocycles. The molecule has 0 spiro atoms. The molecule has 0 saturated carbocycles. The molecule has 0 bridgehead atoms. The van der Waals surface area contributed by atoms with E-state index in [-0.39, 0.29) is 5.69 Å². The Hall–Kier alpha value is -1.00. The van der Waals surface area contributed by atoms with Crippen LogP contribution in [0.2, 0.25) is 0 Å². The van der Waals surface area contributed by atoms with E-state index in [1.54, 1.807) is 6.07 Å². The highest BCUT2D eigenvalue weighted by atomic mass is 35.5. The summed E-state index contributed by atoms with van der Waals surface area (Å²) in [6, 6.07) is 4.16. The molecule has 0 aliphatic rings. The van der Waals surface area contributed by atoms with Crippen molar-refractivity contribution in [2.75, 3.05) is 0 Å². The van der Waals surface area contributed by atoms with Gasteiger partial charge in [-0.1, -0.05) is 0 Å². The molecule has 0 amide bonds. The van der Waals surface area contributed by atoms with E-state index in [9.17, 15) is 9.18 Å². The minimum Gasteiger partial charge on any atom is -0.274 e. The van der Waals surface area contributed by atoms with Crippen molar-refractivity contribution in [3.05, 3.63) is 29.7 Å². The van der Waals surface area contributed by atoms with E-state index in [4.69, 9.17) is 11.6 Å². The van der Waals surface area contributed by atoms with Gasteiger partial charge in [-0.25, -0.2) is 4.39 Å². The molecule has 1 heterocycles. The highest BCUT2D eigenvalue weighted by molar-refractivity contribution is 7.13. The minimum absolute atomic E-state index is 0.126. The van der Waals surface area contributed by atoms with Crippen molar-refractivity contribution in [3.8, 4) is 0 Å². The number of benzene rings is 1. The Balaban J connectivity index is 2.79. The Bertz CT molecular complexity index is 482. The van der Waals surface area contributed by atoms with Crippen molar-refractivity contribution in [1.29, 1.82) is 0 Å². The van der Waals surface area contributed by atoms with Crippen molar-refractivity contribution in [2.24, 2.45) is 0 Å². The second-order valence-electron chi connectivity index (χ2n) is 2.45. The molecule has 0 atom stereocenters. The van der Waals surface area contributed by atoms with Crippen molar-refractivity contribution >= 4 is 38.5 Å². The average Bonchev–Trinajstić information content (AvgIpc) is 2.46. The van der Waals surface area contributed by atoms with Crippen molar-refractivity contribution < 1.29 is 9.18 Å². The van der Waals surface area contributed by atoms with Crippen LogP contribution in [-0.4, -0.2) is 9.62 Å². The van der Waals surface area contributed by atoms with Gasteiger partial charge >= 0.3 is 0 Å². The predicted molar refractivity (Wildman–Crippen MR) is 49.8 cm³/mol. The van der Waals surface area contributed by atoms with Crippen molar-refractivity contribution in [2.45, 2.75) is 0 Å². The fourth-order valence-corrected chi connectivity index (χ4v) is 2.00. The molecule has 1 aromatic heterocycles. The van der Waals surface area contributed by atoms with E-state index in [2.05, 4.69) is 4.37 Å². The molecular formula is C8H3ClFNOS. The van der Waals surface area contributed by atoms with E-state index in [0.717, 1.165) is 16.2 Å². The summed E-state index contributed by atoms with van der Waals surface area (Å²) in [6.45, 7) is 0. The lowest BCUT2D eigenvalue weighted by atomic mass is 10.2. The normalized spacial score (nSPS) is 10.6. The highest BCUT2D eigenvalue weighted by Crippen LogP contribution is 2.24. The molecule has 0 aliphatic carbocycles. The standard InChI is InChI=1S/C8H3ClFNOS/c9-8(12)7-5-3-4(10)1-2-6(5)13-11-7/h1-3H. The summed E-state index contributed by atoms with van der Waals surface area (Å²) in [5.74, 6) is -0.396. The molecule has 0 aliphatic heterocycles. The second-order valence-corrected chi connectivity index (χ2v) is 3.59. The van der Waals surface area contributed by atoms with Gasteiger partial charge in [0.2, 0.25) is 0 Å². The van der Waals surface area contributed by atoms with Crippen LogP contribution in [0.15, 0.2) is 18.2 Å². The fraction of sp³-hybridized carbons (Fsp3) is 0. The third-order valence-corrected chi connectivity index (χ3v) is 2.62. The van der Waals surface area contributed by atoms with Gasteiger partial charge in [-0.05, 0) is 41.3 Å². The first kappa shape index (κ1) is 8.59. The molecule has 2 aromatic rings. The van der Waals surface area contributed by atoms with Gasteiger partial charge in [0.15, 0.2) is 0 Å². The van der Waals surface area contributed by atoms with Gasteiger partial charge in [0.1, 0.15) is 11.5 Å². The summed E-state index contributed by atoms with van der Waals surface area (Å²) in [5.41, 5.74) is 0.126. The van der Waals surface area contributed by atoms with E-state index in [1.807, 2.05) is 0 Å². The first-order chi connectivity index (χ1) is 6.18. The van der Waals surface area contributed by atoms with Gasteiger partial charge < -0.3 is 0 Å². The monoisotopic (exact) mass is 215 g/mol. The van der Waals surface area contributed by atoms with Crippen LogP contribution in [-0.2, 0) is 0 Å². The van der Waals surface area contributed by atoms with Gasteiger partial charge in [-0.2, -0.15) is 4.37 Å². The summed E-state index contributed by atoms with van der Waals surface area (Å²) >= 11 is 6.39. The summed E-state index contributed by atoms with van der Waals surface area (Å²) in [7, 11) is 0. The Morgan fingerprint density at radius 3 is 3.00 bits per heavy atom. The number of carbonyl (C=O) groups is 1. The van der Waals surface area contributed by atoms with Gasteiger partial charge in [0.25, 0.3) is 5.24 Å². The number of hydrogen-bond donors (Lipinski definition) is 0. The van der Waals surface area contributed by atoms with Gasteiger partial charge in [0.05, 0.1) is 4.70 Å². The maximum atomic E-state index is 12.8. The van der Waals surface area contributed by atoms with Crippen LogP contribution >= 0.6 is 23.1 Å². The largest absolute Gasteiger partial charge is 0.274 e. The van der Waals surface area contributed by atoms with Crippen LogP contribution in [0.4, 0.5) is 4.39 Å². The van der Waals surface area contributed by atoms with Gasteiger partial charge in [-0.3, -0.25) is 4.79 Å². The lowest BCUT2D eigenvalue weighted by Gasteiger charge is -1.89. The number of rotatable bonds is 1. The van der Waals surface area contributed by atoms with Crippen LogP contribution in [0.3, 0.4) is 0 Å². The third-order valence-electron chi connectivity index (χ3n) is 1.62. The molecule has 0 radical (unpaired) electrons. The SMILES string of the molecule is O=C(Cl)c1nsc2ccc(F)cc12. The fourth-order valence-electron chi connectivity index (χ4n) is 1.05.